The van der Waals surface area contributed by atoms with E-state index in [4.69, 9.17) is 9.84 Å². The van der Waals surface area contributed by atoms with Crippen LogP contribution in [0.5, 0.6) is 5.75 Å². The first-order valence-corrected chi connectivity index (χ1v) is 7.22. The zero-order valence-corrected chi connectivity index (χ0v) is 11.7. The summed E-state index contributed by atoms with van der Waals surface area (Å²) in [4.78, 5) is 15.2. The SMILES string of the molecule is CCOc1ccc2nc(SC(C)C(=O)O)sc2c1. The molecule has 0 aliphatic heterocycles. The molecule has 1 unspecified atom stereocenters. The van der Waals surface area contributed by atoms with Gasteiger partial charge in [0, 0.05) is 0 Å². The van der Waals surface area contributed by atoms with E-state index in [0.717, 1.165) is 20.3 Å². The highest BCUT2D eigenvalue weighted by atomic mass is 32.2. The monoisotopic (exact) mass is 283 g/mol. The van der Waals surface area contributed by atoms with Gasteiger partial charge in [-0.15, -0.1) is 11.3 Å². The van der Waals surface area contributed by atoms with Gasteiger partial charge in [-0.1, -0.05) is 11.8 Å². The third-order valence-corrected chi connectivity index (χ3v) is 4.48. The lowest BCUT2D eigenvalue weighted by Gasteiger charge is -2.00. The van der Waals surface area contributed by atoms with Crippen molar-refractivity contribution in [3.63, 3.8) is 0 Å². The predicted octanol–water partition coefficient (Wildman–Crippen LogP) is 3.26. The number of thioether (sulfide) groups is 1. The molecule has 1 atom stereocenters. The summed E-state index contributed by atoms with van der Waals surface area (Å²) in [7, 11) is 0. The van der Waals surface area contributed by atoms with E-state index in [1.165, 1.54) is 23.1 Å². The van der Waals surface area contributed by atoms with E-state index in [2.05, 4.69) is 4.98 Å². The fraction of sp³-hybridized carbons (Fsp3) is 0.333. The highest BCUT2D eigenvalue weighted by Gasteiger charge is 2.15. The van der Waals surface area contributed by atoms with Crippen molar-refractivity contribution in [1.29, 1.82) is 0 Å². The molecule has 0 aliphatic rings. The first-order chi connectivity index (χ1) is 8.60. The van der Waals surface area contributed by atoms with E-state index in [9.17, 15) is 4.79 Å². The number of fused-ring (bicyclic) bond motifs is 1. The van der Waals surface area contributed by atoms with E-state index in [0.29, 0.717) is 6.61 Å². The molecule has 1 aromatic heterocycles. The molecule has 0 fully saturated rings. The molecule has 0 aliphatic carbocycles. The molecule has 1 aromatic carbocycles. The largest absolute Gasteiger partial charge is 0.494 e. The molecule has 2 rings (SSSR count). The summed E-state index contributed by atoms with van der Waals surface area (Å²) in [5.41, 5.74) is 0.878. The van der Waals surface area contributed by atoms with Crippen LogP contribution < -0.4 is 4.74 Å². The van der Waals surface area contributed by atoms with Crippen molar-refractivity contribution >= 4 is 39.3 Å². The van der Waals surface area contributed by atoms with Crippen LogP contribution in [-0.2, 0) is 4.79 Å². The molecule has 4 nitrogen and oxygen atoms in total. The fourth-order valence-electron chi connectivity index (χ4n) is 1.39. The van der Waals surface area contributed by atoms with Crippen LogP contribution in [0.2, 0.25) is 0 Å². The van der Waals surface area contributed by atoms with E-state index in [1.54, 1.807) is 6.92 Å². The first-order valence-electron chi connectivity index (χ1n) is 5.53. The Kier molecular flexibility index (Phi) is 4.08. The van der Waals surface area contributed by atoms with Crippen molar-refractivity contribution in [2.24, 2.45) is 0 Å². The highest BCUT2D eigenvalue weighted by Crippen LogP contribution is 2.33. The predicted molar refractivity (Wildman–Crippen MR) is 73.7 cm³/mol. The van der Waals surface area contributed by atoms with Crippen LogP contribution in [0.3, 0.4) is 0 Å². The van der Waals surface area contributed by atoms with Crippen LogP contribution in [0.1, 0.15) is 13.8 Å². The van der Waals surface area contributed by atoms with Crippen LogP contribution in [0.4, 0.5) is 0 Å². The Balaban J connectivity index is 2.24. The van der Waals surface area contributed by atoms with E-state index in [-0.39, 0.29) is 0 Å². The summed E-state index contributed by atoms with van der Waals surface area (Å²) < 4.78 is 7.21. The van der Waals surface area contributed by atoms with Gasteiger partial charge in [-0.3, -0.25) is 4.79 Å². The number of hydrogen-bond acceptors (Lipinski definition) is 5. The lowest BCUT2D eigenvalue weighted by molar-refractivity contribution is -0.136. The smallest absolute Gasteiger partial charge is 0.316 e. The van der Waals surface area contributed by atoms with Gasteiger partial charge >= 0.3 is 5.97 Å². The van der Waals surface area contributed by atoms with Crippen LogP contribution >= 0.6 is 23.1 Å². The molecular weight excluding hydrogens is 270 g/mol. The normalized spacial score (nSPS) is 12.6. The molecule has 1 heterocycles. The molecule has 0 saturated carbocycles. The second-order valence-corrected chi connectivity index (χ2v) is 6.26. The topological polar surface area (TPSA) is 59.4 Å². The minimum atomic E-state index is -0.825. The number of hydrogen-bond donors (Lipinski definition) is 1. The summed E-state index contributed by atoms with van der Waals surface area (Å²) in [6, 6.07) is 5.71. The number of aliphatic carboxylic acids is 1. The summed E-state index contributed by atoms with van der Waals surface area (Å²) >= 11 is 2.76. The van der Waals surface area contributed by atoms with E-state index in [1.807, 2.05) is 25.1 Å². The molecule has 0 amide bonds. The van der Waals surface area contributed by atoms with Crippen LogP contribution in [0.25, 0.3) is 10.2 Å². The van der Waals surface area contributed by atoms with Crippen LogP contribution in [-0.4, -0.2) is 27.9 Å². The number of ether oxygens (including phenoxy) is 1. The quantitative estimate of drug-likeness (QED) is 0.853. The van der Waals surface area contributed by atoms with Crippen molar-refractivity contribution in [1.82, 2.24) is 4.98 Å². The number of nitrogens with zero attached hydrogens (tertiary/aromatic N) is 1. The molecule has 0 radical (unpaired) electrons. The Morgan fingerprint density at radius 2 is 2.39 bits per heavy atom. The number of aromatic nitrogens is 1. The average Bonchev–Trinajstić information content (AvgIpc) is 2.70. The number of carbonyl (C=O) groups is 1. The van der Waals surface area contributed by atoms with Gasteiger partial charge < -0.3 is 9.84 Å². The molecule has 96 valence electrons. The molecule has 0 saturated heterocycles. The van der Waals surface area contributed by atoms with Crippen LogP contribution in [0.15, 0.2) is 22.5 Å². The lowest BCUT2D eigenvalue weighted by Crippen LogP contribution is -2.10. The van der Waals surface area contributed by atoms with Gasteiger partial charge in [-0.25, -0.2) is 4.98 Å². The molecule has 0 spiro atoms. The maximum absolute atomic E-state index is 10.8. The number of rotatable bonds is 5. The van der Waals surface area contributed by atoms with Crippen molar-refractivity contribution in [2.45, 2.75) is 23.4 Å². The molecule has 0 bridgehead atoms. The zero-order valence-electron chi connectivity index (χ0n) is 10.0. The van der Waals surface area contributed by atoms with Gasteiger partial charge in [0.05, 0.1) is 16.8 Å². The van der Waals surface area contributed by atoms with Gasteiger partial charge in [-0.05, 0) is 32.0 Å². The zero-order chi connectivity index (χ0) is 13.1. The van der Waals surface area contributed by atoms with Gasteiger partial charge in [-0.2, -0.15) is 0 Å². The van der Waals surface area contributed by atoms with Gasteiger partial charge in [0.25, 0.3) is 0 Å². The minimum absolute atomic E-state index is 0.489. The number of carboxylic acids is 1. The maximum Gasteiger partial charge on any atom is 0.316 e. The molecule has 2 aromatic rings. The minimum Gasteiger partial charge on any atom is -0.494 e. The standard InChI is InChI=1S/C12H13NO3S2/c1-3-16-8-4-5-9-10(6-8)18-12(13-9)17-7(2)11(14)15/h4-7H,3H2,1-2H3,(H,14,15). The van der Waals surface area contributed by atoms with E-state index < -0.39 is 11.2 Å². The maximum atomic E-state index is 10.8. The summed E-state index contributed by atoms with van der Waals surface area (Å²) in [6.45, 7) is 4.22. The van der Waals surface area contributed by atoms with Crippen LogP contribution in [0, 0.1) is 0 Å². The summed E-state index contributed by atoms with van der Waals surface area (Å²) in [6.07, 6.45) is 0. The van der Waals surface area contributed by atoms with Gasteiger partial charge in [0.15, 0.2) is 4.34 Å². The Bertz CT molecular complexity index is 567. The van der Waals surface area contributed by atoms with Crippen molar-refractivity contribution in [2.75, 3.05) is 6.61 Å². The number of benzene rings is 1. The molecule has 6 heteroatoms. The summed E-state index contributed by atoms with van der Waals surface area (Å²) in [5, 5.41) is 8.38. The Labute approximate surface area is 113 Å². The second kappa shape index (κ2) is 5.58. The number of thiazole rings is 1. The third kappa shape index (κ3) is 2.94. The lowest BCUT2D eigenvalue weighted by atomic mass is 10.3. The Morgan fingerprint density at radius 1 is 1.61 bits per heavy atom. The van der Waals surface area contributed by atoms with Gasteiger partial charge in [0.1, 0.15) is 11.0 Å². The third-order valence-electron chi connectivity index (χ3n) is 2.28. The number of carboxylic acid groups (broad SMARTS) is 1. The average molecular weight is 283 g/mol. The molecular formula is C12H13NO3S2. The Morgan fingerprint density at radius 3 is 3.06 bits per heavy atom. The Hall–Kier alpha value is -1.27. The summed E-state index contributed by atoms with van der Waals surface area (Å²) in [5.74, 6) is -0.00857. The fourth-order valence-corrected chi connectivity index (χ4v) is 3.57. The molecule has 18 heavy (non-hydrogen) atoms. The van der Waals surface area contributed by atoms with Crippen molar-refractivity contribution < 1.29 is 14.6 Å². The van der Waals surface area contributed by atoms with Crippen molar-refractivity contribution in [3.8, 4) is 5.75 Å². The van der Waals surface area contributed by atoms with Crippen molar-refractivity contribution in [3.05, 3.63) is 18.2 Å². The first kappa shape index (κ1) is 13.2. The van der Waals surface area contributed by atoms with E-state index >= 15 is 0 Å². The highest BCUT2D eigenvalue weighted by molar-refractivity contribution is 8.02. The second-order valence-electron chi connectivity index (χ2n) is 3.64. The molecule has 1 N–H and O–H groups in total. The van der Waals surface area contributed by atoms with Gasteiger partial charge in [0.2, 0.25) is 0 Å².